The van der Waals surface area contributed by atoms with Crippen molar-refractivity contribution in [3.05, 3.63) is 28.7 Å². The maximum absolute atomic E-state index is 9.66. The van der Waals surface area contributed by atoms with Gasteiger partial charge in [0.1, 0.15) is 0 Å². The highest BCUT2D eigenvalue weighted by molar-refractivity contribution is 14.0. The average Bonchev–Trinajstić information content (AvgIpc) is 2.97. The number of rotatable bonds is 7. The number of hydrogen-bond acceptors (Lipinski definition) is 3. The molecule has 0 unspecified atom stereocenters. The minimum absolute atomic E-state index is 0. The fourth-order valence-corrected chi connectivity index (χ4v) is 4.08. The number of likely N-dealkylation sites (tertiary alicyclic amines) is 1. The van der Waals surface area contributed by atoms with Gasteiger partial charge >= 0.3 is 0 Å². The molecule has 0 saturated carbocycles. The number of nitrogens with one attached hydrogen (secondary N) is 1. The van der Waals surface area contributed by atoms with Crippen LogP contribution in [0.1, 0.15) is 26.2 Å². The van der Waals surface area contributed by atoms with E-state index < -0.39 is 0 Å². The van der Waals surface area contributed by atoms with Gasteiger partial charge in [-0.3, -0.25) is 4.99 Å². The van der Waals surface area contributed by atoms with Crippen LogP contribution in [-0.2, 0) is 0 Å². The molecule has 0 spiro atoms. The number of β-amino-alcohol motifs (C(OH)–C–C–N with tert-alkyl or cyclic N) is 1. The van der Waals surface area contributed by atoms with Crippen LogP contribution in [0.25, 0.3) is 0 Å². The molecule has 136 valence electrons. The van der Waals surface area contributed by atoms with Crippen molar-refractivity contribution in [1.82, 2.24) is 10.2 Å². The second-order valence-electron chi connectivity index (χ2n) is 5.61. The smallest absolute Gasteiger partial charge is 0.194 e. The van der Waals surface area contributed by atoms with Crippen molar-refractivity contribution in [2.75, 3.05) is 31.9 Å². The van der Waals surface area contributed by atoms with Gasteiger partial charge in [0, 0.05) is 35.5 Å². The Morgan fingerprint density at radius 1 is 1.42 bits per heavy atom. The third kappa shape index (κ3) is 7.49. The Kier molecular flexibility index (Phi) is 11.4. The molecule has 1 aromatic rings. The highest BCUT2D eigenvalue weighted by Gasteiger charge is 2.22. The van der Waals surface area contributed by atoms with Crippen molar-refractivity contribution in [2.24, 2.45) is 4.99 Å². The molecule has 0 aliphatic carbocycles. The van der Waals surface area contributed by atoms with Crippen LogP contribution >= 0.6 is 51.7 Å². The zero-order valence-electron chi connectivity index (χ0n) is 14.1. The molecule has 24 heavy (non-hydrogen) atoms. The van der Waals surface area contributed by atoms with Gasteiger partial charge in [-0.25, -0.2) is 0 Å². The number of aliphatic hydroxyl groups is 1. The van der Waals surface area contributed by atoms with E-state index in [2.05, 4.69) is 51.3 Å². The molecule has 1 saturated heterocycles. The summed E-state index contributed by atoms with van der Waals surface area (Å²) in [7, 11) is 0. The van der Waals surface area contributed by atoms with E-state index in [1.165, 1.54) is 9.37 Å². The summed E-state index contributed by atoms with van der Waals surface area (Å²) in [5.74, 6) is 2.06. The first-order valence-electron chi connectivity index (χ1n) is 8.29. The highest BCUT2D eigenvalue weighted by Crippen LogP contribution is 2.27. The van der Waals surface area contributed by atoms with E-state index in [0.29, 0.717) is 6.54 Å². The number of unbranched alkanes of at least 4 members (excludes halogenated alkanes) is 1. The van der Waals surface area contributed by atoms with Crippen LogP contribution in [0.15, 0.2) is 38.6 Å². The van der Waals surface area contributed by atoms with Crippen LogP contribution in [-0.4, -0.2) is 54.0 Å². The van der Waals surface area contributed by atoms with E-state index in [-0.39, 0.29) is 30.1 Å². The van der Waals surface area contributed by atoms with E-state index in [4.69, 9.17) is 4.99 Å². The van der Waals surface area contributed by atoms with Crippen molar-refractivity contribution >= 4 is 57.6 Å². The minimum Gasteiger partial charge on any atom is -0.391 e. The Balaban J connectivity index is 0.00000288. The van der Waals surface area contributed by atoms with Gasteiger partial charge in [-0.1, -0.05) is 12.1 Å². The van der Waals surface area contributed by atoms with Crippen molar-refractivity contribution < 1.29 is 5.11 Å². The van der Waals surface area contributed by atoms with Crippen LogP contribution < -0.4 is 5.32 Å². The molecule has 1 aliphatic heterocycles. The van der Waals surface area contributed by atoms with Crippen LogP contribution in [0, 0.1) is 0 Å². The van der Waals surface area contributed by atoms with Crippen molar-refractivity contribution in [3.63, 3.8) is 0 Å². The van der Waals surface area contributed by atoms with Crippen LogP contribution in [0.4, 0.5) is 0 Å². The second kappa shape index (κ2) is 12.4. The molecule has 4 nitrogen and oxygen atoms in total. The number of halogens is 2. The lowest BCUT2D eigenvalue weighted by molar-refractivity contribution is 0.188. The van der Waals surface area contributed by atoms with Crippen LogP contribution in [0.5, 0.6) is 0 Å². The van der Waals surface area contributed by atoms with Gasteiger partial charge in [0.2, 0.25) is 0 Å². The molecule has 7 heteroatoms. The van der Waals surface area contributed by atoms with Gasteiger partial charge < -0.3 is 15.3 Å². The molecule has 0 aromatic heterocycles. The summed E-state index contributed by atoms with van der Waals surface area (Å²) in [6.07, 6.45) is 2.87. The monoisotopic (exact) mass is 527 g/mol. The summed E-state index contributed by atoms with van der Waals surface area (Å²) in [5, 5.41) is 13.0. The van der Waals surface area contributed by atoms with Gasteiger partial charge in [-0.15, -0.1) is 35.7 Å². The van der Waals surface area contributed by atoms with Gasteiger partial charge in [-0.05, 0) is 60.0 Å². The summed E-state index contributed by atoms with van der Waals surface area (Å²) in [4.78, 5) is 8.15. The zero-order chi connectivity index (χ0) is 16.5. The highest BCUT2D eigenvalue weighted by atomic mass is 127. The van der Waals surface area contributed by atoms with E-state index >= 15 is 0 Å². The molecule has 0 radical (unpaired) electrons. The predicted molar refractivity (Wildman–Crippen MR) is 118 cm³/mol. The van der Waals surface area contributed by atoms with Crippen LogP contribution in [0.2, 0.25) is 0 Å². The SMILES string of the molecule is CCNC(=NCCCCSc1ccccc1Br)N1CC[C@@H](O)C1.I. The predicted octanol–water partition coefficient (Wildman–Crippen LogP) is 3.97. The number of nitrogens with zero attached hydrogens (tertiary/aromatic N) is 2. The van der Waals surface area contributed by atoms with E-state index in [0.717, 1.165) is 50.6 Å². The van der Waals surface area contributed by atoms with Gasteiger partial charge in [0.05, 0.1) is 6.10 Å². The van der Waals surface area contributed by atoms with Crippen molar-refractivity contribution in [2.45, 2.75) is 37.2 Å². The first-order valence-corrected chi connectivity index (χ1v) is 10.1. The first-order chi connectivity index (χ1) is 11.2. The third-order valence-electron chi connectivity index (χ3n) is 3.71. The quantitative estimate of drug-likeness (QED) is 0.185. The van der Waals surface area contributed by atoms with E-state index in [1.54, 1.807) is 0 Å². The molecule has 0 bridgehead atoms. The maximum Gasteiger partial charge on any atom is 0.194 e. The molecule has 1 atom stereocenters. The summed E-state index contributed by atoms with van der Waals surface area (Å²) in [5.41, 5.74) is 0. The molecular formula is C17H27BrIN3OS. The topological polar surface area (TPSA) is 47.9 Å². The number of aliphatic hydroxyl groups excluding tert-OH is 1. The number of benzene rings is 1. The number of hydrogen-bond donors (Lipinski definition) is 2. The molecular weight excluding hydrogens is 501 g/mol. The summed E-state index contributed by atoms with van der Waals surface area (Å²) in [6.45, 7) is 5.37. The Hall–Kier alpha value is 0.01000. The normalized spacial score (nSPS) is 17.7. The van der Waals surface area contributed by atoms with Gasteiger partial charge in [-0.2, -0.15) is 0 Å². The first kappa shape index (κ1) is 22.1. The van der Waals surface area contributed by atoms with Gasteiger partial charge in [0.25, 0.3) is 0 Å². The van der Waals surface area contributed by atoms with E-state index in [1.807, 2.05) is 17.8 Å². The number of aliphatic imine (C=N–C) groups is 1. The lowest BCUT2D eigenvalue weighted by atomic mass is 10.3. The standard InChI is InChI=1S/C17H26BrN3OS.HI/c1-2-19-17(21-11-9-14(22)13-21)20-10-5-6-12-23-16-8-4-3-7-15(16)18;/h3-4,7-8,14,22H,2,5-6,9-13H2,1H3,(H,19,20);1H/t14-;/m1./s1. The van der Waals surface area contributed by atoms with E-state index in [9.17, 15) is 5.11 Å². The second-order valence-corrected chi connectivity index (χ2v) is 7.60. The Morgan fingerprint density at radius 3 is 2.88 bits per heavy atom. The Labute approximate surface area is 175 Å². The molecule has 1 aliphatic rings. The average molecular weight is 528 g/mol. The lowest BCUT2D eigenvalue weighted by Gasteiger charge is -2.20. The Morgan fingerprint density at radius 2 is 2.21 bits per heavy atom. The summed E-state index contributed by atoms with van der Waals surface area (Å²) >= 11 is 5.47. The minimum atomic E-state index is -0.209. The lowest BCUT2D eigenvalue weighted by Crippen LogP contribution is -2.40. The van der Waals surface area contributed by atoms with Crippen molar-refractivity contribution in [3.8, 4) is 0 Å². The molecule has 2 N–H and O–H groups in total. The van der Waals surface area contributed by atoms with Crippen LogP contribution in [0.3, 0.4) is 0 Å². The number of guanidine groups is 1. The zero-order valence-corrected chi connectivity index (χ0v) is 18.8. The molecule has 1 heterocycles. The molecule has 1 aromatic carbocycles. The molecule has 0 amide bonds. The van der Waals surface area contributed by atoms with Crippen molar-refractivity contribution in [1.29, 1.82) is 0 Å². The Bertz CT molecular complexity index is 518. The fourth-order valence-electron chi connectivity index (χ4n) is 2.50. The largest absolute Gasteiger partial charge is 0.391 e. The third-order valence-corrected chi connectivity index (χ3v) is 5.82. The van der Waals surface area contributed by atoms with Gasteiger partial charge in [0.15, 0.2) is 5.96 Å². The molecule has 2 rings (SSSR count). The summed E-state index contributed by atoms with van der Waals surface area (Å²) < 4.78 is 1.17. The maximum atomic E-state index is 9.66. The number of thioether (sulfide) groups is 1. The fraction of sp³-hybridized carbons (Fsp3) is 0.588. The summed E-state index contributed by atoms with van der Waals surface area (Å²) in [6, 6.07) is 8.35. The molecule has 1 fully saturated rings.